The van der Waals surface area contributed by atoms with Gasteiger partial charge in [-0.3, -0.25) is 4.79 Å². The molecular formula is C17H30N2O. The Kier molecular flexibility index (Phi) is 4.07. The van der Waals surface area contributed by atoms with Gasteiger partial charge in [0.1, 0.15) is 0 Å². The van der Waals surface area contributed by atoms with Gasteiger partial charge in [0.15, 0.2) is 0 Å². The molecule has 0 radical (unpaired) electrons. The Morgan fingerprint density at radius 2 is 2.10 bits per heavy atom. The number of rotatable bonds is 4. The van der Waals surface area contributed by atoms with Crippen molar-refractivity contribution in [1.29, 1.82) is 0 Å². The van der Waals surface area contributed by atoms with Gasteiger partial charge in [0.2, 0.25) is 5.91 Å². The maximum atomic E-state index is 12.6. The van der Waals surface area contributed by atoms with Crippen molar-refractivity contribution in [2.75, 3.05) is 19.6 Å². The molecule has 2 saturated carbocycles. The summed E-state index contributed by atoms with van der Waals surface area (Å²) in [5.74, 6) is 3.39. The highest BCUT2D eigenvalue weighted by Crippen LogP contribution is 2.48. The molecule has 3 heteroatoms. The smallest absolute Gasteiger partial charge is 0.225 e. The molecule has 114 valence electrons. The fourth-order valence-corrected chi connectivity index (χ4v) is 4.73. The third-order valence-electron chi connectivity index (χ3n) is 6.31. The van der Waals surface area contributed by atoms with Crippen LogP contribution in [0.5, 0.6) is 0 Å². The topological polar surface area (TPSA) is 41.1 Å². The highest BCUT2D eigenvalue weighted by Gasteiger charge is 2.41. The quantitative estimate of drug-likeness (QED) is 0.830. The Hall–Kier alpha value is -0.570. The fraction of sp³-hybridized carbons (Fsp3) is 0.941. The van der Waals surface area contributed by atoms with Crippen molar-refractivity contribution in [3.05, 3.63) is 0 Å². The number of fused-ring (bicyclic) bond motifs is 2. The lowest BCUT2D eigenvalue weighted by Gasteiger charge is -2.36. The number of hydrogen-bond donors (Lipinski definition) is 2. The summed E-state index contributed by atoms with van der Waals surface area (Å²) in [6.07, 6.45) is 8.01. The maximum Gasteiger partial charge on any atom is 0.225 e. The summed E-state index contributed by atoms with van der Waals surface area (Å²) in [7, 11) is 0. The van der Waals surface area contributed by atoms with Crippen molar-refractivity contribution in [1.82, 2.24) is 10.6 Å². The van der Waals surface area contributed by atoms with E-state index in [9.17, 15) is 4.79 Å². The number of amides is 1. The van der Waals surface area contributed by atoms with Gasteiger partial charge < -0.3 is 10.6 Å². The zero-order valence-electron chi connectivity index (χ0n) is 13.1. The minimum atomic E-state index is -0.231. The van der Waals surface area contributed by atoms with Crippen LogP contribution in [0.3, 0.4) is 0 Å². The van der Waals surface area contributed by atoms with Crippen LogP contribution in [0.25, 0.3) is 0 Å². The number of hydrogen-bond acceptors (Lipinski definition) is 2. The van der Waals surface area contributed by atoms with Crippen molar-refractivity contribution in [3.8, 4) is 0 Å². The van der Waals surface area contributed by atoms with E-state index in [-0.39, 0.29) is 11.3 Å². The molecule has 4 unspecified atom stereocenters. The Morgan fingerprint density at radius 3 is 2.70 bits per heavy atom. The molecule has 0 aromatic rings. The Labute approximate surface area is 123 Å². The largest absolute Gasteiger partial charge is 0.355 e. The molecule has 0 spiro atoms. The summed E-state index contributed by atoms with van der Waals surface area (Å²) in [6, 6.07) is 0. The number of carbonyl (C=O) groups is 1. The molecule has 1 saturated heterocycles. The zero-order valence-corrected chi connectivity index (χ0v) is 13.1. The van der Waals surface area contributed by atoms with E-state index < -0.39 is 0 Å². The molecule has 3 fully saturated rings. The summed E-state index contributed by atoms with van der Waals surface area (Å²) in [5.41, 5.74) is -0.231. The third-order valence-corrected chi connectivity index (χ3v) is 6.31. The van der Waals surface area contributed by atoms with E-state index >= 15 is 0 Å². The summed E-state index contributed by atoms with van der Waals surface area (Å²) in [6.45, 7) is 7.28. The average Bonchev–Trinajstić information content (AvgIpc) is 3.08. The highest BCUT2D eigenvalue weighted by atomic mass is 16.2. The first kappa shape index (κ1) is 14.4. The summed E-state index contributed by atoms with van der Waals surface area (Å²) in [5, 5.41) is 6.72. The first-order valence-electron chi connectivity index (χ1n) is 8.56. The van der Waals surface area contributed by atoms with Gasteiger partial charge in [0.05, 0.1) is 0 Å². The molecule has 2 N–H and O–H groups in total. The van der Waals surface area contributed by atoms with Gasteiger partial charge in [-0.05, 0) is 68.9 Å². The second kappa shape index (κ2) is 5.67. The standard InChI is InChI=1S/C17H30N2O/c1-17(2,15-4-3-7-18-11-15)16(20)19-10-14-9-12-5-6-13(14)8-12/h12-15,18H,3-11H2,1-2H3,(H,19,20). The highest BCUT2D eigenvalue weighted by molar-refractivity contribution is 5.82. The molecule has 0 aromatic carbocycles. The molecule has 2 bridgehead atoms. The van der Waals surface area contributed by atoms with Crippen LogP contribution >= 0.6 is 0 Å². The van der Waals surface area contributed by atoms with E-state index in [4.69, 9.17) is 0 Å². The number of carbonyl (C=O) groups excluding carboxylic acids is 1. The monoisotopic (exact) mass is 278 g/mol. The van der Waals surface area contributed by atoms with Crippen LogP contribution in [0.4, 0.5) is 0 Å². The predicted molar refractivity (Wildman–Crippen MR) is 81.3 cm³/mol. The van der Waals surface area contributed by atoms with Crippen molar-refractivity contribution in [2.24, 2.45) is 29.1 Å². The molecule has 1 amide bonds. The minimum Gasteiger partial charge on any atom is -0.355 e. The SMILES string of the molecule is CC(C)(C(=O)NCC1CC2CCC1C2)C1CCCNC1. The van der Waals surface area contributed by atoms with E-state index in [0.717, 1.165) is 37.4 Å². The van der Waals surface area contributed by atoms with Crippen LogP contribution in [0, 0.1) is 29.1 Å². The van der Waals surface area contributed by atoms with E-state index in [1.807, 2.05) is 0 Å². The van der Waals surface area contributed by atoms with Crippen LogP contribution in [0.2, 0.25) is 0 Å². The maximum absolute atomic E-state index is 12.6. The van der Waals surface area contributed by atoms with Crippen molar-refractivity contribution in [2.45, 2.75) is 52.4 Å². The van der Waals surface area contributed by atoms with Gasteiger partial charge >= 0.3 is 0 Å². The number of piperidine rings is 1. The molecule has 0 aromatic heterocycles. The fourth-order valence-electron chi connectivity index (χ4n) is 4.73. The molecule has 1 heterocycles. The lowest BCUT2D eigenvalue weighted by atomic mass is 9.74. The summed E-state index contributed by atoms with van der Waals surface area (Å²) < 4.78 is 0. The first-order valence-corrected chi connectivity index (χ1v) is 8.56. The van der Waals surface area contributed by atoms with E-state index in [1.54, 1.807) is 0 Å². The predicted octanol–water partition coefficient (Wildman–Crippen LogP) is 2.56. The second-order valence-corrected chi connectivity index (χ2v) is 7.91. The first-order chi connectivity index (χ1) is 9.57. The van der Waals surface area contributed by atoms with Gasteiger partial charge in [-0.15, -0.1) is 0 Å². The van der Waals surface area contributed by atoms with Crippen LogP contribution in [-0.4, -0.2) is 25.5 Å². The van der Waals surface area contributed by atoms with Crippen LogP contribution in [0.15, 0.2) is 0 Å². The molecule has 1 aliphatic heterocycles. The number of nitrogens with one attached hydrogen (secondary N) is 2. The lowest BCUT2D eigenvalue weighted by Crippen LogP contribution is -2.48. The van der Waals surface area contributed by atoms with Crippen LogP contribution < -0.4 is 10.6 Å². The van der Waals surface area contributed by atoms with Crippen molar-refractivity contribution in [3.63, 3.8) is 0 Å². The molecular weight excluding hydrogens is 248 g/mol. The normalized spacial score (nSPS) is 37.1. The second-order valence-electron chi connectivity index (χ2n) is 7.91. The molecule has 2 aliphatic carbocycles. The zero-order chi connectivity index (χ0) is 14.2. The molecule has 20 heavy (non-hydrogen) atoms. The van der Waals surface area contributed by atoms with Crippen LogP contribution in [-0.2, 0) is 4.79 Å². The van der Waals surface area contributed by atoms with Gasteiger partial charge in [-0.2, -0.15) is 0 Å². The molecule has 3 aliphatic rings. The minimum absolute atomic E-state index is 0.231. The van der Waals surface area contributed by atoms with E-state index in [0.29, 0.717) is 5.92 Å². The van der Waals surface area contributed by atoms with E-state index in [2.05, 4.69) is 24.5 Å². The van der Waals surface area contributed by atoms with Crippen molar-refractivity contribution < 1.29 is 4.79 Å². The van der Waals surface area contributed by atoms with Crippen LogP contribution in [0.1, 0.15) is 52.4 Å². The van der Waals surface area contributed by atoms with Gasteiger partial charge in [-0.1, -0.05) is 20.3 Å². The Balaban J connectivity index is 1.50. The third kappa shape index (κ3) is 2.74. The van der Waals surface area contributed by atoms with Gasteiger partial charge in [0.25, 0.3) is 0 Å². The van der Waals surface area contributed by atoms with Gasteiger partial charge in [-0.25, -0.2) is 0 Å². The average molecular weight is 278 g/mol. The Morgan fingerprint density at radius 1 is 1.25 bits per heavy atom. The molecule has 4 atom stereocenters. The summed E-state index contributed by atoms with van der Waals surface area (Å²) in [4.78, 5) is 12.6. The van der Waals surface area contributed by atoms with Crippen molar-refractivity contribution >= 4 is 5.91 Å². The summed E-state index contributed by atoms with van der Waals surface area (Å²) >= 11 is 0. The molecule has 3 rings (SSSR count). The van der Waals surface area contributed by atoms with Gasteiger partial charge in [0, 0.05) is 12.0 Å². The molecule has 3 nitrogen and oxygen atoms in total. The lowest BCUT2D eigenvalue weighted by molar-refractivity contribution is -0.132. The Bertz CT molecular complexity index is 360. The van der Waals surface area contributed by atoms with E-state index in [1.165, 1.54) is 38.5 Å².